The molecule has 1 aromatic rings. The molecule has 0 radical (unpaired) electrons. The van der Waals surface area contributed by atoms with Crippen LogP contribution in [0, 0.1) is 0 Å². The second-order valence-corrected chi connectivity index (χ2v) is 6.48. The van der Waals surface area contributed by atoms with E-state index in [-0.39, 0.29) is 22.4 Å². The molecule has 2 unspecified atom stereocenters. The summed E-state index contributed by atoms with van der Waals surface area (Å²) in [5.41, 5.74) is -1.17. The molecule has 1 N–H and O–H groups in total. The summed E-state index contributed by atoms with van der Waals surface area (Å²) in [6.07, 6.45) is -3.09. The number of alkyl halides is 3. The van der Waals surface area contributed by atoms with Crippen molar-refractivity contribution in [3.63, 3.8) is 0 Å². The van der Waals surface area contributed by atoms with Gasteiger partial charge in [-0.25, -0.2) is 0 Å². The molecule has 1 rings (SSSR count). The predicted molar refractivity (Wildman–Crippen MR) is 72.3 cm³/mol. The van der Waals surface area contributed by atoms with Crippen LogP contribution >= 0.6 is 11.6 Å². The standard InChI is InChI=1S/C12H13ClF3NO2S/c1-7(20(2)19)6-17-11(18)8-3-9(12(14,15)16)5-10(13)4-8/h3-5,7H,6H2,1-2H3,(H,17,18). The number of carbonyl (C=O) groups excluding carboxylic acids is 1. The zero-order chi connectivity index (χ0) is 15.5. The van der Waals surface area contributed by atoms with Gasteiger partial charge in [0.1, 0.15) is 0 Å². The smallest absolute Gasteiger partial charge is 0.351 e. The van der Waals surface area contributed by atoms with Crippen LogP contribution in [-0.4, -0.2) is 28.2 Å². The first-order valence-corrected chi connectivity index (χ1v) is 7.59. The van der Waals surface area contributed by atoms with Gasteiger partial charge in [0.25, 0.3) is 5.91 Å². The minimum absolute atomic E-state index is 0.107. The van der Waals surface area contributed by atoms with Gasteiger partial charge < -0.3 is 5.32 Å². The quantitative estimate of drug-likeness (QED) is 0.924. The fraction of sp³-hybridized carbons (Fsp3) is 0.417. The molecular weight excluding hydrogens is 315 g/mol. The molecule has 3 nitrogen and oxygen atoms in total. The molecule has 8 heteroatoms. The van der Waals surface area contributed by atoms with E-state index in [0.29, 0.717) is 0 Å². The Kier molecular flexibility index (Phi) is 5.59. The summed E-state index contributed by atoms with van der Waals surface area (Å²) in [4.78, 5) is 11.8. The highest BCUT2D eigenvalue weighted by atomic mass is 35.5. The fourth-order valence-electron chi connectivity index (χ4n) is 1.34. The van der Waals surface area contributed by atoms with Gasteiger partial charge in [0.15, 0.2) is 0 Å². The van der Waals surface area contributed by atoms with Crippen molar-refractivity contribution in [1.82, 2.24) is 5.32 Å². The first-order valence-electron chi connectivity index (χ1n) is 5.59. The molecule has 0 heterocycles. The fourth-order valence-corrected chi connectivity index (χ4v) is 1.89. The van der Waals surface area contributed by atoms with Crippen LogP contribution in [-0.2, 0) is 17.0 Å². The van der Waals surface area contributed by atoms with Crippen LogP contribution in [0.4, 0.5) is 13.2 Å². The summed E-state index contributed by atoms with van der Waals surface area (Å²) >= 11 is 5.58. The van der Waals surface area contributed by atoms with Crippen LogP contribution in [0.3, 0.4) is 0 Å². The van der Waals surface area contributed by atoms with Gasteiger partial charge in [-0.3, -0.25) is 9.00 Å². The number of rotatable bonds is 4. The normalized spacial score (nSPS) is 14.7. The average Bonchev–Trinajstić information content (AvgIpc) is 2.33. The first-order chi connectivity index (χ1) is 9.11. The summed E-state index contributed by atoms with van der Waals surface area (Å²) in [6, 6.07) is 2.64. The van der Waals surface area contributed by atoms with E-state index in [9.17, 15) is 22.2 Å². The molecule has 0 aliphatic heterocycles. The van der Waals surface area contributed by atoms with Crippen molar-refractivity contribution in [2.24, 2.45) is 0 Å². The lowest BCUT2D eigenvalue weighted by molar-refractivity contribution is -0.137. The van der Waals surface area contributed by atoms with Gasteiger partial charge in [0, 0.05) is 39.4 Å². The van der Waals surface area contributed by atoms with Crippen LogP contribution in [0.2, 0.25) is 5.02 Å². The monoisotopic (exact) mass is 327 g/mol. The summed E-state index contributed by atoms with van der Waals surface area (Å²) in [5.74, 6) is -0.685. The Hall–Kier alpha value is -1.08. The first kappa shape index (κ1) is 17.0. The molecule has 0 aliphatic carbocycles. The highest BCUT2D eigenvalue weighted by Crippen LogP contribution is 2.31. The molecule has 0 aliphatic rings. The van der Waals surface area contributed by atoms with E-state index in [1.54, 1.807) is 6.92 Å². The Labute approximate surface area is 122 Å². The molecular formula is C12H13ClF3NO2S. The van der Waals surface area contributed by atoms with Gasteiger partial charge in [-0.2, -0.15) is 13.2 Å². The van der Waals surface area contributed by atoms with E-state index < -0.39 is 28.4 Å². The van der Waals surface area contributed by atoms with Gasteiger partial charge in [-0.15, -0.1) is 0 Å². The number of amides is 1. The molecule has 0 fully saturated rings. The van der Waals surface area contributed by atoms with E-state index in [1.165, 1.54) is 6.26 Å². The Morgan fingerprint density at radius 1 is 1.40 bits per heavy atom. The lowest BCUT2D eigenvalue weighted by atomic mass is 10.1. The van der Waals surface area contributed by atoms with Crippen molar-refractivity contribution < 1.29 is 22.2 Å². The maximum Gasteiger partial charge on any atom is 0.416 e. The Balaban J connectivity index is 2.88. The van der Waals surface area contributed by atoms with Crippen LogP contribution in [0.15, 0.2) is 18.2 Å². The third kappa shape index (κ3) is 4.79. The maximum absolute atomic E-state index is 12.6. The zero-order valence-electron chi connectivity index (χ0n) is 10.8. The summed E-state index contributed by atoms with van der Waals surface area (Å²) in [6.45, 7) is 1.77. The Bertz CT molecular complexity index is 534. The summed E-state index contributed by atoms with van der Waals surface area (Å²) in [7, 11) is -1.13. The van der Waals surface area contributed by atoms with Crippen molar-refractivity contribution >= 4 is 28.3 Å². The number of hydrogen-bond acceptors (Lipinski definition) is 2. The molecule has 0 spiro atoms. The highest BCUT2D eigenvalue weighted by Gasteiger charge is 2.31. The Morgan fingerprint density at radius 3 is 2.50 bits per heavy atom. The van der Waals surface area contributed by atoms with Crippen molar-refractivity contribution in [1.29, 1.82) is 0 Å². The lowest BCUT2D eigenvalue weighted by Crippen LogP contribution is -2.32. The van der Waals surface area contributed by atoms with Gasteiger partial charge in [-0.05, 0) is 25.1 Å². The number of benzene rings is 1. The maximum atomic E-state index is 12.6. The van der Waals surface area contributed by atoms with Gasteiger partial charge >= 0.3 is 6.18 Å². The molecule has 112 valence electrons. The lowest BCUT2D eigenvalue weighted by Gasteiger charge is -2.12. The van der Waals surface area contributed by atoms with Crippen molar-refractivity contribution in [2.45, 2.75) is 18.3 Å². The minimum atomic E-state index is -4.57. The van der Waals surface area contributed by atoms with Crippen molar-refractivity contribution in [3.8, 4) is 0 Å². The van der Waals surface area contributed by atoms with E-state index in [2.05, 4.69) is 5.32 Å². The third-order valence-electron chi connectivity index (χ3n) is 2.60. The third-order valence-corrected chi connectivity index (χ3v) is 4.12. The molecule has 0 bridgehead atoms. The topological polar surface area (TPSA) is 46.2 Å². The van der Waals surface area contributed by atoms with Crippen molar-refractivity contribution in [2.75, 3.05) is 12.8 Å². The Morgan fingerprint density at radius 2 is 2.00 bits per heavy atom. The molecule has 0 saturated carbocycles. The van der Waals surface area contributed by atoms with Crippen LogP contribution in [0.1, 0.15) is 22.8 Å². The number of nitrogens with one attached hydrogen (secondary N) is 1. The van der Waals surface area contributed by atoms with Gasteiger partial charge in [0.05, 0.1) is 5.56 Å². The van der Waals surface area contributed by atoms with E-state index >= 15 is 0 Å². The molecule has 1 amide bonds. The average molecular weight is 328 g/mol. The molecule has 0 aromatic heterocycles. The van der Waals surface area contributed by atoms with Crippen LogP contribution in [0.5, 0.6) is 0 Å². The van der Waals surface area contributed by atoms with Gasteiger partial charge in [-0.1, -0.05) is 11.6 Å². The SMILES string of the molecule is CC(CNC(=O)c1cc(Cl)cc(C(F)(F)F)c1)S(C)=O. The van der Waals surface area contributed by atoms with E-state index in [4.69, 9.17) is 11.6 Å². The molecule has 1 aromatic carbocycles. The number of hydrogen-bond donors (Lipinski definition) is 1. The highest BCUT2D eigenvalue weighted by molar-refractivity contribution is 7.84. The van der Waals surface area contributed by atoms with E-state index in [0.717, 1.165) is 18.2 Å². The zero-order valence-corrected chi connectivity index (χ0v) is 12.3. The number of carbonyl (C=O) groups is 1. The molecule has 20 heavy (non-hydrogen) atoms. The van der Waals surface area contributed by atoms with Crippen LogP contribution in [0.25, 0.3) is 0 Å². The van der Waals surface area contributed by atoms with Crippen molar-refractivity contribution in [3.05, 3.63) is 34.3 Å². The van der Waals surface area contributed by atoms with Crippen LogP contribution < -0.4 is 5.32 Å². The van der Waals surface area contributed by atoms with E-state index in [1.807, 2.05) is 0 Å². The predicted octanol–water partition coefficient (Wildman–Crippen LogP) is 2.86. The largest absolute Gasteiger partial charge is 0.416 e. The number of halogens is 4. The molecule has 2 atom stereocenters. The second-order valence-electron chi connectivity index (χ2n) is 4.25. The summed E-state index contributed by atoms with van der Waals surface area (Å²) in [5, 5.41) is 1.97. The van der Waals surface area contributed by atoms with Gasteiger partial charge in [0.2, 0.25) is 0 Å². The minimum Gasteiger partial charge on any atom is -0.351 e. The molecule has 0 saturated heterocycles. The second kappa shape index (κ2) is 6.58. The summed E-state index contributed by atoms with van der Waals surface area (Å²) < 4.78 is 48.9.